The van der Waals surface area contributed by atoms with Crippen LogP contribution in [0.2, 0.25) is 0 Å². The number of nitrogens with one attached hydrogen (secondary N) is 3. The van der Waals surface area contributed by atoms with E-state index in [0.29, 0.717) is 29.6 Å². The van der Waals surface area contributed by atoms with E-state index < -0.39 is 23.8 Å². The van der Waals surface area contributed by atoms with E-state index in [-0.39, 0.29) is 18.7 Å². The second-order valence-corrected chi connectivity index (χ2v) is 7.87. The van der Waals surface area contributed by atoms with Crippen molar-refractivity contribution in [1.29, 1.82) is 0 Å². The Morgan fingerprint density at radius 2 is 1.93 bits per heavy atom. The Morgan fingerprint density at radius 1 is 1.14 bits per heavy atom. The van der Waals surface area contributed by atoms with E-state index in [1.54, 1.807) is 12.1 Å². The van der Waals surface area contributed by atoms with Crippen LogP contribution in [-0.4, -0.2) is 53.7 Å². The average molecular weight is 384 g/mol. The molecular formula is C20H24N4O4. The molecule has 3 unspecified atom stereocenters. The minimum atomic E-state index is -0.927. The molecule has 4 amide bonds. The van der Waals surface area contributed by atoms with Crippen molar-refractivity contribution in [2.75, 3.05) is 13.1 Å². The number of carbonyl (C=O) groups excluding carboxylic acids is 4. The van der Waals surface area contributed by atoms with Gasteiger partial charge in [-0.2, -0.15) is 0 Å². The van der Waals surface area contributed by atoms with Crippen molar-refractivity contribution in [1.82, 2.24) is 20.9 Å². The van der Waals surface area contributed by atoms with Crippen LogP contribution in [0.25, 0.3) is 0 Å². The highest BCUT2D eigenvalue weighted by Gasteiger charge is 2.44. The first kappa shape index (κ1) is 18.8. The zero-order valence-electron chi connectivity index (χ0n) is 15.8. The van der Waals surface area contributed by atoms with E-state index in [9.17, 15) is 19.2 Å². The molecule has 3 N–H and O–H groups in total. The lowest BCUT2D eigenvalue weighted by Gasteiger charge is -2.27. The van der Waals surface area contributed by atoms with E-state index in [1.807, 2.05) is 6.07 Å². The molecule has 3 aliphatic rings. The SMILES string of the molecule is CC1CC(CNCc2ccc3c(c2)C(=O)N(C2CCC(=O)NC2=O)C3=O)CN1. The zero-order valence-corrected chi connectivity index (χ0v) is 15.8. The van der Waals surface area contributed by atoms with Crippen LogP contribution in [0.3, 0.4) is 0 Å². The summed E-state index contributed by atoms with van der Waals surface area (Å²) in [5.41, 5.74) is 1.56. The van der Waals surface area contributed by atoms with Crippen LogP contribution in [0.5, 0.6) is 0 Å². The van der Waals surface area contributed by atoms with Crippen LogP contribution in [0.15, 0.2) is 18.2 Å². The summed E-state index contributed by atoms with van der Waals surface area (Å²) in [6.07, 6.45) is 1.43. The molecule has 1 aromatic carbocycles. The molecule has 0 spiro atoms. The van der Waals surface area contributed by atoms with Crippen molar-refractivity contribution in [2.45, 2.75) is 44.8 Å². The number of rotatable bonds is 5. The molecule has 1 aromatic rings. The Balaban J connectivity index is 1.43. The van der Waals surface area contributed by atoms with Crippen LogP contribution >= 0.6 is 0 Å². The molecule has 8 heteroatoms. The molecule has 2 saturated heterocycles. The fraction of sp³-hybridized carbons (Fsp3) is 0.500. The fourth-order valence-corrected chi connectivity index (χ4v) is 4.24. The topological polar surface area (TPSA) is 108 Å². The first-order valence-corrected chi connectivity index (χ1v) is 9.72. The van der Waals surface area contributed by atoms with Gasteiger partial charge in [0.15, 0.2) is 0 Å². The van der Waals surface area contributed by atoms with Gasteiger partial charge < -0.3 is 10.6 Å². The first-order valence-electron chi connectivity index (χ1n) is 9.72. The number of fused-ring (bicyclic) bond motifs is 1. The smallest absolute Gasteiger partial charge is 0.262 e. The quantitative estimate of drug-likeness (QED) is 0.625. The number of nitrogens with zero attached hydrogens (tertiary/aromatic N) is 1. The monoisotopic (exact) mass is 384 g/mol. The van der Waals surface area contributed by atoms with Crippen molar-refractivity contribution in [3.05, 3.63) is 34.9 Å². The molecule has 0 bridgehead atoms. The van der Waals surface area contributed by atoms with E-state index in [1.165, 1.54) is 0 Å². The van der Waals surface area contributed by atoms with Gasteiger partial charge in [-0.05, 0) is 56.5 Å². The van der Waals surface area contributed by atoms with Crippen molar-refractivity contribution in [3.8, 4) is 0 Å². The predicted octanol–water partition coefficient (Wildman–Crippen LogP) is 0.175. The third-order valence-corrected chi connectivity index (χ3v) is 5.71. The minimum Gasteiger partial charge on any atom is -0.314 e. The molecule has 2 fully saturated rings. The second-order valence-electron chi connectivity index (χ2n) is 7.87. The van der Waals surface area contributed by atoms with Crippen molar-refractivity contribution in [2.24, 2.45) is 5.92 Å². The molecule has 4 rings (SSSR count). The number of piperidine rings is 1. The standard InChI is InChI=1S/C20H24N4O4/c1-11-6-13(10-22-11)9-21-8-12-2-3-14-15(7-12)20(28)24(19(14)27)16-4-5-17(25)23-18(16)26/h2-3,7,11,13,16,21-22H,4-6,8-10H2,1H3,(H,23,25,26). The Morgan fingerprint density at radius 3 is 2.64 bits per heavy atom. The molecule has 28 heavy (non-hydrogen) atoms. The third kappa shape index (κ3) is 3.45. The molecule has 8 nitrogen and oxygen atoms in total. The zero-order chi connectivity index (χ0) is 19.8. The summed E-state index contributed by atoms with van der Waals surface area (Å²) in [4.78, 5) is 49.9. The highest BCUT2D eigenvalue weighted by atomic mass is 16.2. The molecular weight excluding hydrogens is 360 g/mol. The van der Waals surface area contributed by atoms with E-state index in [2.05, 4.69) is 22.9 Å². The Bertz CT molecular complexity index is 853. The lowest BCUT2D eigenvalue weighted by Crippen LogP contribution is -2.54. The second kappa shape index (κ2) is 7.44. The van der Waals surface area contributed by atoms with Gasteiger partial charge in [0.1, 0.15) is 6.04 Å². The highest BCUT2D eigenvalue weighted by molar-refractivity contribution is 6.23. The van der Waals surface area contributed by atoms with Gasteiger partial charge in [0.2, 0.25) is 11.8 Å². The lowest BCUT2D eigenvalue weighted by atomic mass is 10.0. The molecule has 3 heterocycles. The van der Waals surface area contributed by atoms with Crippen molar-refractivity contribution in [3.63, 3.8) is 0 Å². The largest absolute Gasteiger partial charge is 0.314 e. The molecule has 3 atom stereocenters. The molecule has 3 aliphatic heterocycles. The Kier molecular flexibility index (Phi) is 4.99. The lowest BCUT2D eigenvalue weighted by molar-refractivity contribution is -0.136. The third-order valence-electron chi connectivity index (χ3n) is 5.71. The van der Waals surface area contributed by atoms with Gasteiger partial charge in [-0.25, -0.2) is 0 Å². The number of amides is 4. The normalized spacial score (nSPS) is 27.3. The van der Waals surface area contributed by atoms with Gasteiger partial charge in [-0.3, -0.25) is 29.4 Å². The van der Waals surface area contributed by atoms with Crippen molar-refractivity contribution >= 4 is 23.6 Å². The molecule has 0 aromatic heterocycles. The van der Waals surface area contributed by atoms with Gasteiger partial charge in [0.05, 0.1) is 11.1 Å². The molecule has 0 radical (unpaired) electrons. The first-order chi connectivity index (χ1) is 13.4. The maximum absolute atomic E-state index is 12.8. The van der Waals surface area contributed by atoms with Crippen LogP contribution in [-0.2, 0) is 16.1 Å². The summed E-state index contributed by atoms with van der Waals surface area (Å²) < 4.78 is 0. The maximum Gasteiger partial charge on any atom is 0.262 e. The Labute approximate surface area is 163 Å². The summed E-state index contributed by atoms with van der Waals surface area (Å²) in [6.45, 7) is 4.69. The Hall–Kier alpha value is -2.58. The highest BCUT2D eigenvalue weighted by Crippen LogP contribution is 2.28. The minimum absolute atomic E-state index is 0.119. The molecule has 0 saturated carbocycles. The van der Waals surface area contributed by atoms with Gasteiger partial charge in [-0.1, -0.05) is 6.07 Å². The summed E-state index contributed by atoms with van der Waals surface area (Å²) in [6, 6.07) is 4.83. The molecule has 148 valence electrons. The van der Waals surface area contributed by atoms with Gasteiger partial charge >= 0.3 is 0 Å². The van der Waals surface area contributed by atoms with Crippen LogP contribution in [0.1, 0.15) is 52.5 Å². The predicted molar refractivity (Wildman–Crippen MR) is 100 cm³/mol. The van der Waals surface area contributed by atoms with Gasteiger partial charge in [-0.15, -0.1) is 0 Å². The van der Waals surface area contributed by atoms with Crippen molar-refractivity contribution < 1.29 is 19.2 Å². The fourth-order valence-electron chi connectivity index (χ4n) is 4.24. The maximum atomic E-state index is 12.8. The van der Waals surface area contributed by atoms with Crippen LogP contribution in [0.4, 0.5) is 0 Å². The number of benzene rings is 1. The van der Waals surface area contributed by atoms with Gasteiger partial charge in [0, 0.05) is 19.0 Å². The van der Waals surface area contributed by atoms with E-state index in [0.717, 1.165) is 30.0 Å². The van der Waals surface area contributed by atoms with E-state index >= 15 is 0 Å². The summed E-state index contributed by atoms with van der Waals surface area (Å²) in [7, 11) is 0. The number of hydrogen-bond acceptors (Lipinski definition) is 6. The van der Waals surface area contributed by atoms with E-state index in [4.69, 9.17) is 0 Å². The molecule has 0 aliphatic carbocycles. The van der Waals surface area contributed by atoms with Crippen LogP contribution in [0, 0.1) is 5.92 Å². The number of imide groups is 2. The summed E-state index contributed by atoms with van der Waals surface area (Å²) >= 11 is 0. The van der Waals surface area contributed by atoms with Crippen LogP contribution < -0.4 is 16.0 Å². The number of carbonyl (C=O) groups is 4. The number of hydrogen-bond donors (Lipinski definition) is 3. The summed E-state index contributed by atoms with van der Waals surface area (Å²) in [5.74, 6) is -1.31. The van der Waals surface area contributed by atoms with Gasteiger partial charge in [0.25, 0.3) is 11.8 Å². The average Bonchev–Trinajstić information content (AvgIpc) is 3.17. The summed E-state index contributed by atoms with van der Waals surface area (Å²) in [5, 5.41) is 9.04.